The molecule has 1 saturated heterocycles. The topological polar surface area (TPSA) is 58.6 Å². The Morgan fingerprint density at radius 3 is 2.56 bits per heavy atom. The van der Waals surface area contributed by atoms with Crippen molar-refractivity contribution in [3.63, 3.8) is 0 Å². The lowest BCUT2D eigenvalue weighted by Crippen LogP contribution is -2.43. The first kappa shape index (κ1) is 20.5. The van der Waals surface area contributed by atoms with E-state index in [1.54, 1.807) is 12.1 Å². The van der Waals surface area contributed by atoms with Crippen LogP contribution in [-0.2, 0) is 14.8 Å². The highest BCUT2D eigenvalue weighted by molar-refractivity contribution is 7.89. The molecule has 0 radical (unpaired) electrons. The molecule has 0 aromatic heterocycles. The van der Waals surface area contributed by atoms with E-state index < -0.39 is 20.7 Å². The minimum atomic E-state index is -4.07. The third-order valence-electron chi connectivity index (χ3n) is 4.39. The minimum absolute atomic E-state index is 0.0641. The van der Waals surface area contributed by atoms with Gasteiger partial charge in [0.25, 0.3) is 0 Å². The average molecular weight is 433 g/mol. The zero-order chi connectivity index (χ0) is 19.4. The fourth-order valence-electron chi connectivity index (χ4n) is 3.02. The number of sulfonamides is 1. The van der Waals surface area contributed by atoms with Crippen molar-refractivity contribution >= 4 is 33.2 Å². The van der Waals surface area contributed by atoms with Crippen molar-refractivity contribution in [3.05, 3.63) is 63.9 Å². The lowest BCUT2D eigenvalue weighted by Gasteiger charge is -2.35. The van der Waals surface area contributed by atoms with Gasteiger partial charge in [-0.1, -0.05) is 41.4 Å². The summed E-state index contributed by atoms with van der Waals surface area (Å²) in [5.74, 6) is -0.961. The Morgan fingerprint density at radius 2 is 1.85 bits per heavy atom. The number of nitrogens with one attached hydrogen (secondary N) is 1. The van der Waals surface area contributed by atoms with Crippen molar-refractivity contribution in [2.45, 2.75) is 10.9 Å². The van der Waals surface area contributed by atoms with Crippen LogP contribution in [0.4, 0.5) is 4.39 Å². The molecule has 27 heavy (non-hydrogen) atoms. The van der Waals surface area contributed by atoms with E-state index in [9.17, 15) is 12.8 Å². The lowest BCUT2D eigenvalue weighted by atomic mass is 10.1. The Labute approximate surface area is 168 Å². The highest BCUT2D eigenvalue weighted by atomic mass is 35.5. The molecular formula is C18H19Cl2FN2O3S. The van der Waals surface area contributed by atoms with Crippen LogP contribution >= 0.6 is 23.2 Å². The van der Waals surface area contributed by atoms with E-state index >= 15 is 0 Å². The predicted octanol–water partition coefficient (Wildman–Crippen LogP) is 3.48. The van der Waals surface area contributed by atoms with Crippen LogP contribution in [0.3, 0.4) is 0 Å². The Hall–Kier alpha value is -1.22. The Morgan fingerprint density at radius 1 is 1.15 bits per heavy atom. The number of morpholine rings is 1. The minimum Gasteiger partial charge on any atom is -0.379 e. The molecule has 1 aliphatic rings. The van der Waals surface area contributed by atoms with Crippen molar-refractivity contribution in [3.8, 4) is 0 Å². The summed E-state index contributed by atoms with van der Waals surface area (Å²) in [5, 5.41) is 0.326. The summed E-state index contributed by atoms with van der Waals surface area (Å²) in [6.07, 6.45) is 0. The zero-order valence-electron chi connectivity index (χ0n) is 14.4. The third kappa shape index (κ3) is 4.99. The van der Waals surface area contributed by atoms with E-state index in [1.807, 2.05) is 12.1 Å². The molecule has 0 amide bonds. The molecule has 1 heterocycles. The molecular weight excluding hydrogens is 414 g/mol. The normalized spacial score (nSPS) is 17.0. The highest BCUT2D eigenvalue weighted by Crippen LogP contribution is 2.26. The lowest BCUT2D eigenvalue weighted by molar-refractivity contribution is 0.0172. The average Bonchev–Trinajstić information content (AvgIpc) is 2.65. The molecule has 1 N–H and O–H groups in total. The van der Waals surface area contributed by atoms with Crippen molar-refractivity contribution < 1.29 is 17.5 Å². The van der Waals surface area contributed by atoms with Gasteiger partial charge in [0, 0.05) is 30.7 Å². The number of ether oxygens (including phenoxy) is 1. The quantitative estimate of drug-likeness (QED) is 0.758. The van der Waals surface area contributed by atoms with Crippen molar-refractivity contribution in [1.82, 2.24) is 9.62 Å². The fourth-order valence-corrected chi connectivity index (χ4v) is 4.58. The number of hydrogen-bond acceptors (Lipinski definition) is 4. The van der Waals surface area contributed by atoms with Crippen LogP contribution in [0.25, 0.3) is 0 Å². The van der Waals surface area contributed by atoms with Gasteiger partial charge in [-0.05, 0) is 29.8 Å². The SMILES string of the molecule is O=S(=O)(NCC(c1cccc(Cl)c1)N1CCOCC1)c1cccc(Cl)c1F. The standard InChI is InChI=1S/C18H19Cl2FN2O3S/c19-14-4-1-3-13(11-14)16(23-7-9-26-10-8-23)12-22-27(24,25)17-6-2-5-15(20)18(17)21/h1-6,11,16,22H,7-10,12H2. The zero-order valence-corrected chi connectivity index (χ0v) is 16.7. The Balaban J connectivity index is 1.84. The van der Waals surface area contributed by atoms with Gasteiger partial charge in [-0.25, -0.2) is 17.5 Å². The highest BCUT2D eigenvalue weighted by Gasteiger charge is 2.27. The Bertz CT molecular complexity index is 905. The molecule has 146 valence electrons. The molecule has 1 fully saturated rings. The van der Waals surface area contributed by atoms with Crippen LogP contribution in [0.2, 0.25) is 10.0 Å². The largest absolute Gasteiger partial charge is 0.379 e. The summed E-state index contributed by atoms with van der Waals surface area (Å²) in [7, 11) is -4.07. The summed E-state index contributed by atoms with van der Waals surface area (Å²) in [6.45, 7) is 2.50. The molecule has 0 aliphatic carbocycles. The van der Waals surface area contributed by atoms with Gasteiger partial charge in [0.2, 0.25) is 10.0 Å². The second kappa shape index (κ2) is 8.86. The van der Waals surface area contributed by atoms with Crippen LogP contribution in [0.5, 0.6) is 0 Å². The summed E-state index contributed by atoms with van der Waals surface area (Å²) >= 11 is 11.8. The summed E-state index contributed by atoms with van der Waals surface area (Å²) in [6, 6.07) is 10.9. The fraction of sp³-hybridized carbons (Fsp3) is 0.333. The van der Waals surface area contributed by atoms with Gasteiger partial charge in [-0.2, -0.15) is 0 Å². The smallest absolute Gasteiger partial charge is 0.243 e. The maximum atomic E-state index is 14.2. The third-order valence-corrected chi connectivity index (χ3v) is 6.36. The van der Waals surface area contributed by atoms with Gasteiger partial charge < -0.3 is 4.74 Å². The van der Waals surface area contributed by atoms with E-state index in [4.69, 9.17) is 27.9 Å². The molecule has 2 aromatic carbocycles. The molecule has 2 aromatic rings. The predicted molar refractivity (Wildman–Crippen MR) is 103 cm³/mol. The number of rotatable bonds is 6. The van der Waals surface area contributed by atoms with E-state index in [2.05, 4.69) is 9.62 Å². The van der Waals surface area contributed by atoms with Crippen molar-refractivity contribution in [2.75, 3.05) is 32.8 Å². The van der Waals surface area contributed by atoms with E-state index in [-0.39, 0.29) is 17.6 Å². The van der Waals surface area contributed by atoms with Gasteiger partial charge in [0.1, 0.15) is 4.90 Å². The van der Waals surface area contributed by atoms with Crippen LogP contribution in [0.1, 0.15) is 11.6 Å². The first-order valence-corrected chi connectivity index (χ1v) is 10.6. The van der Waals surface area contributed by atoms with Crippen molar-refractivity contribution in [2.24, 2.45) is 0 Å². The van der Waals surface area contributed by atoms with Crippen molar-refractivity contribution in [1.29, 1.82) is 0 Å². The van der Waals surface area contributed by atoms with Gasteiger partial charge in [0.05, 0.1) is 18.2 Å². The summed E-state index contributed by atoms with van der Waals surface area (Å²) < 4.78 is 47.3. The molecule has 0 bridgehead atoms. The first-order valence-electron chi connectivity index (χ1n) is 8.39. The van der Waals surface area contributed by atoms with E-state index in [1.165, 1.54) is 18.2 Å². The molecule has 0 saturated carbocycles. The second-order valence-corrected chi connectivity index (χ2v) is 8.70. The maximum Gasteiger partial charge on any atom is 0.243 e. The number of halogens is 3. The monoisotopic (exact) mass is 432 g/mol. The van der Waals surface area contributed by atoms with Gasteiger partial charge in [-0.3, -0.25) is 4.90 Å². The second-order valence-electron chi connectivity index (χ2n) is 6.12. The molecule has 1 unspecified atom stereocenters. The van der Waals surface area contributed by atoms with Crippen LogP contribution in [0, 0.1) is 5.82 Å². The molecule has 5 nitrogen and oxygen atoms in total. The molecule has 3 rings (SSSR count). The Kier molecular flexibility index (Phi) is 6.73. The number of benzene rings is 2. The summed E-state index contributed by atoms with van der Waals surface area (Å²) in [4.78, 5) is 1.65. The van der Waals surface area contributed by atoms with Gasteiger partial charge in [-0.15, -0.1) is 0 Å². The van der Waals surface area contributed by atoms with Crippen LogP contribution in [0.15, 0.2) is 47.4 Å². The molecule has 1 atom stereocenters. The van der Waals surface area contributed by atoms with Crippen LogP contribution in [-0.4, -0.2) is 46.2 Å². The number of nitrogens with zero attached hydrogens (tertiary/aromatic N) is 1. The van der Waals surface area contributed by atoms with E-state index in [0.717, 1.165) is 5.56 Å². The summed E-state index contributed by atoms with van der Waals surface area (Å²) in [5.41, 5.74) is 0.874. The maximum absolute atomic E-state index is 14.2. The van der Waals surface area contributed by atoms with E-state index in [0.29, 0.717) is 31.3 Å². The molecule has 1 aliphatic heterocycles. The number of hydrogen-bond donors (Lipinski definition) is 1. The molecule has 9 heteroatoms. The van der Waals surface area contributed by atoms with Crippen LogP contribution < -0.4 is 4.72 Å². The first-order chi connectivity index (χ1) is 12.9. The van der Waals surface area contributed by atoms with Gasteiger partial charge >= 0.3 is 0 Å². The molecule has 0 spiro atoms. The van der Waals surface area contributed by atoms with Gasteiger partial charge in [0.15, 0.2) is 5.82 Å².